The maximum atomic E-state index is 12.1. The summed E-state index contributed by atoms with van der Waals surface area (Å²) in [5, 5.41) is 13.6. The second-order valence-electron chi connectivity index (χ2n) is 4.91. The lowest BCUT2D eigenvalue weighted by atomic mass is 10.2. The number of hydrogen-bond acceptors (Lipinski definition) is 5. The van der Waals surface area contributed by atoms with E-state index >= 15 is 0 Å². The fraction of sp³-hybridized carbons (Fsp3) is 0.692. The average molecular weight is 301 g/mol. The van der Waals surface area contributed by atoms with Gasteiger partial charge in [-0.25, -0.2) is 0 Å². The molecule has 112 valence electrons. The molecule has 1 amide bonds. The Kier molecular flexibility index (Phi) is 5.82. The van der Waals surface area contributed by atoms with E-state index in [4.69, 9.17) is 21.7 Å². The van der Waals surface area contributed by atoms with Gasteiger partial charge >= 0.3 is 0 Å². The van der Waals surface area contributed by atoms with Crippen LogP contribution in [-0.2, 0) is 9.53 Å². The molecule has 1 unspecified atom stereocenters. The lowest BCUT2D eigenvalue weighted by molar-refractivity contribution is -0.122. The molecule has 20 heavy (non-hydrogen) atoms. The Labute approximate surface area is 124 Å². The van der Waals surface area contributed by atoms with Crippen LogP contribution in [0.2, 0.25) is 0 Å². The third-order valence-electron chi connectivity index (χ3n) is 3.49. The maximum Gasteiger partial charge on any atom is 0.266 e. The normalized spacial score (nSPS) is 24.9. The second-order valence-corrected chi connectivity index (χ2v) is 5.29. The second kappa shape index (κ2) is 7.61. The summed E-state index contributed by atoms with van der Waals surface area (Å²) >= 11 is 6.15. The molecule has 2 aliphatic heterocycles. The van der Waals surface area contributed by atoms with E-state index in [0.29, 0.717) is 12.3 Å². The van der Waals surface area contributed by atoms with E-state index in [-0.39, 0.29) is 17.2 Å². The molecule has 0 aromatic rings. The molecular weight excluding hydrogens is 280 g/mol. The molecule has 2 rings (SSSR count). The van der Waals surface area contributed by atoms with Crippen molar-refractivity contribution >= 4 is 23.7 Å². The van der Waals surface area contributed by atoms with E-state index in [0.717, 1.165) is 51.7 Å². The van der Waals surface area contributed by atoms with E-state index in [2.05, 4.69) is 10.6 Å². The van der Waals surface area contributed by atoms with E-state index in [9.17, 15) is 4.79 Å². The fourth-order valence-corrected chi connectivity index (χ4v) is 2.61. The van der Waals surface area contributed by atoms with Crippen molar-refractivity contribution in [1.82, 2.24) is 15.5 Å². The van der Waals surface area contributed by atoms with Gasteiger partial charge in [0.2, 0.25) is 0 Å². The molecule has 0 aliphatic carbocycles. The van der Waals surface area contributed by atoms with Gasteiger partial charge in [-0.15, -0.1) is 0 Å². The number of halogens is 1. The zero-order chi connectivity index (χ0) is 14.4. The standard InChI is InChI=1S/C13H21ClN4O2/c14-12(10(9-15)18-6-4-16-5-7-18)13(19)17-11-3-1-2-8-20-11/h9,11,15-16H,1-8H2,(H,17,19). The first kappa shape index (κ1) is 15.3. The molecule has 0 aromatic heterocycles. The molecule has 0 radical (unpaired) electrons. The number of rotatable bonds is 4. The Bertz CT molecular complexity index is 388. The Balaban J connectivity index is 2.00. The van der Waals surface area contributed by atoms with Crippen molar-refractivity contribution in [2.45, 2.75) is 25.5 Å². The third kappa shape index (κ3) is 3.94. The predicted octanol–water partition coefficient (Wildman–Crippen LogP) is 0.634. The van der Waals surface area contributed by atoms with Gasteiger partial charge in [0.15, 0.2) is 0 Å². The zero-order valence-electron chi connectivity index (χ0n) is 11.5. The number of nitrogens with one attached hydrogen (secondary N) is 3. The van der Waals surface area contributed by atoms with Gasteiger partial charge in [0.05, 0.1) is 5.70 Å². The highest BCUT2D eigenvalue weighted by molar-refractivity contribution is 6.43. The summed E-state index contributed by atoms with van der Waals surface area (Å²) < 4.78 is 5.46. The predicted molar refractivity (Wildman–Crippen MR) is 77.8 cm³/mol. The summed E-state index contributed by atoms with van der Waals surface area (Å²) in [6.45, 7) is 3.81. The van der Waals surface area contributed by atoms with Crippen LogP contribution in [0, 0.1) is 5.41 Å². The number of carbonyl (C=O) groups is 1. The minimum Gasteiger partial charge on any atom is -0.366 e. The first-order chi connectivity index (χ1) is 9.72. The summed E-state index contributed by atoms with van der Waals surface area (Å²) in [5.41, 5.74) is 0.474. The highest BCUT2D eigenvalue weighted by atomic mass is 35.5. The molecule has 2 fully saturated rings. The zero-order valence-corrected chi connectivity index (χ0v) is 12.2. The number of piperazine rings is 1. The van der Waals surface area contributed by atoms with E-state index < -0.39 is 0 Å². The van der Waals surface area contributed by atoms with Gasteiger partial charge in [-0.1, -0.05) is 11.6 Å². The largest absolute Gasteiger partial charge is 0.366 e. The number of carbonyl (C=O) groups excluding carboxylic acids is 1. The quantitative estimate of drug-likeness (QED) is 0.526. The van der Waals surface area contributed by atoms with Crippen molar-refractivity contribution < 1.29 is 9.53 Å². The first-order valence-electron chi connectivity index (χ1n) is 7.00. The maximum absolute atomic E-state index is 12.1. The Hall–Kier alpha value is -1.11. The number of ether oxygens (including phenoxy) is 1. The number of nitrogens with zero attached hydrogens (tertiary/aromatic N) is 1. The Morgan fingerprint density at radius 2 is 2.15 bits per heavy atom. The molecule has 6 nitrogen and oxygen atoms in total. The van der Waals surface area contributed by atoms with Crippen LogP contribution >= 0.6 is 11.6 Å². The van der Waals surface area contributed by atoms with Crippen LogP contribution in [0.5, 0.6) is 0 Å². The summed E-state index contributed by atoms with van der Waals surface area (Å²) in [4.78, 5) is 14.1. The van der Waals surface area contributed by atoms with Gasteiger partial charge in [-0.3, -0.25) is 4.79 Å². The van der Waals surface area contributed by atoms with Crippen LogP contribution in [0.25, 0.3) is 0 Å². The topological polar surface area (TPSA) is 77.5 Å². The lowest BCUT2D eigenvalue weighted by Gasteiger charge is -2.30. The number of allylic oxidation sites excluding steroid dienone is 1. The minimum absolute atomic E-state index is 0.0658. The summed E-state index contributed by atoms with van der Waals surface area (Å²) in [5.74, 6) is -0.365. The van der Waals surface area contributed by atoms with Crippen molar-refractivity contribution in [2.75, 3.05) is 32.8 Å². The minimum atomic E-state index is -0.365. The molecule has 0 aromatic carbocycles. The fourth-order valence-electron chi connectivity index (χ4n) is 2.38. The van der Waals surface area contributed by atoms with Crippen LogP contribution < -0.4 is 10.6 Å². The van der Waals surface area contributed by atoms with Crippen LogP contribution in [0.15, 0.2) is 10.7 Å². The monoisotopic (exact) mass is 300 g/mol. The average Bonchev–Trinajstić information content (AvgIpc) is 2.50. The smallest absolute Gasteiger partial charge is 0.266 e. The van der Waals surface area contributed by atoms with E-state index in [1.54, 1.807) is 0 Å². The van der Waals surface area contributed by atoms with Crippen LogP contribution in [0.1, 0.15) is 19.3 Å². The summed E-state index contributed by atoms with van der Waals surface area (Å²) in [6, 6.07) is 0. The van der Waals surface area contributed by atoms with Crippen molar-refractivity contribution in [3.8, 4) is 0 Å². The SMILES string of the molecule is N=CC(=C(Cl)C(=O)NC1CCCCO1)N1CCNCC1. The van der Waals surface area contributed by atoms with Gasteiger partial charge in [-0.05, 0) is 19.3 Å². The molecule has 0 saturated carbocycles. The molecule has 1 atom stereocenters. The van der Waals surface area contributed by atoms with Crippen molar-refractivity contribution in [3.63, 3.8) is 0 Å². The summed E-state index contributed by atoms with van der Waals surface area (Å²) in [6.07, 6.45) is 3.77. The number of hydrogen-bond donors (Lipinski definition) is 3. The molecule has 3 N–H and O–H groups in total. The Morgan fingerprint density at radius 3 is 2.75 bits per heavy atom. The van der Waals surface area contributed by atoms with E-state index in [1.807, 2.05) is 4.90 Å². The van der Waals surface area contributed by atoms with Crippen molar-refractivity contribution in [1.29, 1.82) is 5.41 Å². The molecule has 2 saturated heterocycles. The number of amides is 1. The van der Waals surface area contributed by atoms with Gasteiger partial charge < -0.3 is 25.7 Å². The molecule has 2 aliphatic rings. The molecule has 2 heterocycles. The van der Waals surface area contributed by atoms with Crippen LogP contribution in [-0.4, -0.2) is 56.0 Å². The van der Waals surface area contributed by atoms with Gasteiger partial charge in [0.1, 0.15) is 11.3 Å². The van der Waals surface area contributed by atoms with Gasteiger partial charge in [0.25, 0.3) is 5.91 Å². The van der Waals surface area contributed by atoms with Gasteiger partial charge in [0, 0.05) is 39.0 Å². The molecule has 7 heteroatoms. The molecule has 0 bridgehead atoms. The third-order valence-corrected chi connectivity index (χ3v) is 3.86. The highest BCUT2D eigenvalue weighted by Crippen LogP contribution is 2.16. The van der Waals surface area contributed by atoms with Crippen LogP contribution in [0.4, 0.5) is 0 Å². The van der Waals surface area contributed by atoms with Crippen LogP contribution in [0.3, 0.4) is 0 Å². The van der Waals surface area contributed by atoms with Crippen molar-refractivity contribution in [3.05, 3.63) is 10.7 Å². The highest BCUT2D eigenvalue weighted by Gasteiger charge is 2.22. The summed E-state index contributed by atoms with van der Waals surface area (Å²) in [7, 11) is 0. The van der Waals surface area contributed by atoms with Crippen molar-refractivity contribution in [2.24, 2.45) is 0 Å². The Morgan fingerprint density at radius 1 is 1.40 bits per heavy atom. The molecular formula is C13H21ClN4O2. The first-order valence-corrected chi connectivity index (χ1v) is 7.38. The molecule has 0 spiro atoms. The lowest BCUT2D eigenvalue weighted by Crippen LogP contribution is -2.44. The van der Waals surface area contributed by atoms with Gasteiger partial charge in [-0.2, -0.15) is 0 Å². The van der Waals surface area contributed by atoms with E-state index in [1.165, 1.54) is 0 Å².